The zero-order chi connectivity index (χ0) is 22.0. The second kappa shape index (κ2) is 9.32. The van der Waals surface area contributed by atoms with Crippen LogP contribution >= 0.6 is 23.4 Å². The minimum atomic E-state index is -3.59. The first-order valence-corrected chi connectivity index (χ1v) is 12.9. The molecular weight excluding hydrogens is 458 g/mol. The molecule has 8 nitrogen and oxygen atoms in total. The molecule has 1 saturated carbocycles. The molecular formula is C20H24ClN5O3S2. The van der Waals surface area contributed by atoms with Crippen molar-refractivity contribution in [1.29, 1.82) is 0 Å². The quantitative estimate of drug-likeness (QED) is 0.425. The summed E-state index contributed by atoms with van der Waals surface area (Å²) in [7, 11) is -3.59. The number of allylic oxidation sites excluding steroid dienone is 1. The Kier molecular flexibility index (Phi) is 6.71. The molecule has 0 N–H and O–H groups in total. The smallest absolute Gasteiger partial charge is 0.243 e. The fourth-order valence-corrected chi connectivity index (χ4v) is 5.91. The van der Waals surface area contributed by atoms with Crippen molar-refractivity contribution in [2.45, 2.75) is 35.4 Å². The van der Waals surface area contributed by atoms with Crippen LogP contribution in [-0.4, -0.2) is 70.2 Å². The monoisotopic (exact) mass is 481 g/mol. The van der Waals surface area contributed by atoms with Gasteiger partial charge in [-0.3, -0.25) is 4.79 Å². The minimum Gasteiger partial charge on any atom is -0.339 e. The number of benzene rings is 1. The Labute approximate surface area is 191 Å². The average molecular weight is 482 g/mol. The Morgan fingerprint density at radius 2 is 1.84 bits per heavy atom. The number of hydrogen-bond acceptors (Lipinski definition) is 6. The van der Waals surface area contributed by atoms with Crippen molar-refractivity contribution < 1.29 is 13.2 Å². The lowest BCUT2D eigenvalue weighted by atomic mass is 10.3. The molecule has 2 fully saturated rings. The number of nitrogens with zero attached hydrogens (tertiary/aromatic N) is 5. The molecule has 4 rings (SSSR count). The third-order valence-corrected chi connectivity index (χ3v) is 8.48. The predicted octanol–water partition coefficient (Wildman–Crippen LogP) is 2.62. The Morgan fingerprint density at radius 3 is 2.45 bits per heavy atom. The zero-order valence-corrected chi connectivity index (χ0v) is 19.4. The fraction of sp³-hybridized carbons (Fsp3) is 0.450. The van der Waals surface area contributed by atoms with Crippen molar-refractivity contribution in [1.82, 2.24) is 24.0 Å². The Bertz CT molecular complexity index is 1060. The molecule has 0 unspecified atom stereocenters. The van der Waals surface area contributed by atoms with Gasteiger partial charge in [0.25, 0.3) is 0 Å². The van der Waals surface area contributed by atoms with Gasteiger partial charge in [-0.25, -0.2) is 8.42 Å². The van der Waals surface area contributed by atoms with E-state index in [0.29, 0.717) is 30.6 Å². The molecule has 1 aliphatic heterocycles. The summed E-state index contributed by atoms with van der Waals surface area (Å²) in [6, 6.07) is 6.12. The number of carbonyl (C=O) groups excluding carboxylic acids is 1. The molecule has 0 radical (unpaired) electrons. The molecule has 1 aromatic heterocycles. The molecule has 1 aliphatic carbocycles. The third kappa shape index (κ3) is 4.97. The maximum atomic E-state index is 12.8. The number of thioether (sulfide) groups is 1. The molecule has 2 heterocycles. The number of sulfonamides is 1. The van der Waals surface area contributed by atoms with Crippen molar-refractivity contribution in [2.24, 2.45) is 0 Å². The first kappa shape index (κ1) is 22.3. The Morgan fingerprint density at radius 1 is 1.16 bits per heavy atom. The van der Waals surface area contributed by atoms with Crippen molar-refractivity contribution in [3.63, 3.8) is 0 Å². The van der Waals surface area contributed by atoms with Crippen LogP contribution in [0.4, 0.5) is 0 Å². The number of carbonyl (C=O) groups is 1. The van der Waals surface area contributed by atoms with E-state index in [1.165, 1.54) is 28.2 Å². The third-order valence-electron chi connectivity index (χ3n) is 5.37. The van der Waals surface area contributed by atoms with Crippen LogP contribution in [-0.2, 0) is 21.4 Å². The SMILES string of the molecule is C=CCn1c(SCC(=O)N2CCN(S(=O)(=O)c3ccc(Cl)cc3)CC2)nnc1C1CC1. The lowest BCUT2D eigenvalue weighted by molar-refractivity contribution is -0.129. The van der Waals surface area contributed by atoms with Crippen molar-refractivity contribution in [3.05, 3.63) is 47.8 Å². The predicted molar refractivity (Wildman–Crippen MR) is 120 cm³/mol. The van der Waals surface area contributed by atoms with Gasteiger partial charge in [0, 0.05) is 43.7 Å². The molecule has 0 bridgehead atoms. The van der Waals surface area contributed by atoms with Gasteiger partial charge in [-0.2, -0.15) is 4.31 Å². The van der Waals surface area contributed by atoms with E-state index >= 15 is 0 Å². The molecule has 1 saturated heterocycles. The second-order valence-corrected chi connectivity index (χ2v) is 10.9. The van der Waals surface area contributed by atoms with Gasteiger partial charge in [0.1, 0.15) is 5.82 Å². The average Bonchev–Trinajstić information content (AvgIpc) is 3.54. The topological polar surface area (TPSA) is 88.4 Å². The highest BCUT2D eigenvalue weighted by molar-refractivity contribution is 7.99. The van der Waals surface area contributed by atoms with Gasteiger partial charge < -0.3 is 9.47 Å². The van der Waals surface area contributed by atoms with E-state index in [0.717, 1.165) is 23.8 Å². The zero-order valence-electron chi connectivity index (χ0n) is 17.0. The van der Waals surface area contributed by atoms with Gasteiger partial charge in [0.2, 0.25) is 15.9 Å². The summed E-state index contributed by atoms with van der Waals surface area (Å²) in [5.74, 6) is 1.64. The maximum absolute atomic E-state index is 12.8. The maximum Gasteiger partial charge on any atom is 0.243 e. The van der Waals surface area contributed by atoms with Gasteiger partial charge in [0.05, 0.1) is 10.6 Å². The molecule has 1 amide bonds. The summed E-state index contributed by atoms with van der Waals surface area (Å²) in [4.78, 5) is 14.6. The Balaban J connectivity index is 1.33. The van der Waals surface area contributed by atoms with E-state index < -0.39 is 10.0 Å². The second-order valence-electron chi connectivity index (χ2n) is 7.54. The molecule has 2 aromatic rings. The summed E-state index contributed by atoms with van der Waals surface area (Å²) >= 11 is 7.22. The summed E-state index contributed by atoms with van der Waals surface area (Å²) in [6.07, 6.45) is 4.06. The molecule has 0 atom stereocenters. The number of hydrogen-bond donors (Lipinski definition) is 0. The van der Waals surface area contributed by atoms with E-state index in [9.17, 15) is 13.2 Å². The summed E-state index contributed by atoms with van der Waals surface area (Å²) in [5, 5.41) is 9.76. The summed E-state index contributed by atoms with van der Waals surface area (Å²) < 4.78 is 29.0. The molecule has 31 heavy (non-hydrogen) atoms. The van der Waals surface area contributed by atoms with Gasteiger partial charge in [-0.1, -0.05) is 29.4 Å². The molecule has 1 aromatic carbocycles. The number of rotatable bonds is 8. The first-order valence-electron chi connectivity index (χ1n) is 10.1. The number of amides is 1. The van der Waals surface area contributed by atoms with Crippen LogP contribution in [0.1, 0.15) is 24.6 Å². The van der Waals surface area contributed by atoms with Crippen LogP contribution in [0.3, 0.4) is 0 Å². The van der Waals surface area contributed by atoms with Gasteiger partial charge in [-0.15, -0.1) is 16.8 Å². The van der Waals surface area contributed by atoms with Crippen molar-refractivity contribution in [3.8, 4) is 0 Å². The standard InChI is InChI=1S/C20H24ClN5O3S2/c1-2-9-26-19(15-3-4-15)22-23-20(26)30-14-18(27)24-10-12-25(13-11-24)31(28,29)17-7-5-16(21)6-8-17/h2,5-8,15H,1,3-4,9-14H2. The van der Waals surface area contributed by atoms with E-state index in [-0.39, 0.29) is 29.6 Å². The van der Waals surface area contributed by atoms with Crippen LogP contribution in [0.5, 0.6) is 0 Å². The van der Waals surface area contributed by atoms with Gasteiger partial charge in [-0.05, 0) is 37.1 Å². The van der Waals surface area contributed by atoms with Crippen LogP contribution in [0.15, 0.2) is 47.0 Å². The molecule has 11 heteroatoms. The number of aromatic nitrogens is 3. The lowest BCUT2D eigenvalue weighted by Crippen LogP contribution is -2.50. The van der Waals surface area contributed by atoms with Crippen molar-refractivity contribution in [2.75, 3.05) is 31.9 Å². The summed E-state index contributed by atoms with van der Waals surface area (Å²) in [6.45, 7) is 5.67. The van der Waals surface area contributed by atoms with Gasteiger partial charge in [0.15, 0.2) is 5.16 Å². The Hall–Kier alpha value is -1.88. The van der Waals surface area contributed by atoms with Crippen molar-refractivity contribution >= 4 is 39.3 Å². The lowest BCUT2D eigenvalue weighted by Gasteiger charge is -2.34. The van der Waals surface area contributed by atoms with E-state index in [1.54, 1.807) is 17.0 Å². The van der Waals surface area contributed by atoms with Crippen LogP contribution in [0.2, 0.25) is 5.02 Å². The largest absolute Gasteiger partial charge is 0.339 e. The highest BCUT2D eigenvalue weighted by Crippen LogP contribution is 2.40. The number of halogens is 1. The molecule has 166 valence electrons. The van der Waals surface area contributed by atoms with Crippen LogP contribution < -0.4 is 0 Å². The fourth-order valence-electron chi connectivity index (χ4n) is 3.50. The van der Waals surface area contributed by atoms with E-state index in [1.807, 2.05) is 10.6 Å². The van der Waals surface area contributed by atoms with E-state index in [4.69, 9.17) is 11.6 Å². The highest BCUT2D eigenvalue weighted by atomic mass is 35.5. The number of piperazine rings is 1. The van der Waals surface area contributed by atoms with Crippen LogP contribution in [0, 0.1) is 0 Å². The normalized spacial score (nSPS) is 17.6. The van der Waals surface area contributed by atoms with E-state index in [2.05, 4.69) is 16.8 Å². The molecule has 0 spiro atoms. The minimum absolute atomic E-state index is 0.0327. The summed E-state index contributed by atoms with van der Waals surface area (Å²) in [5.41, 5.74) is 0. The first-order chi connectivity index (χ1) is 14.9. The highest BCUT2D eigenvalue weighted by Gasteiger charge is 2.32. The van der Waals surface area contributed by atoms with Crippen LogP contribution in [0.25, 0.3) is 0 Å². The van der Waals surface area contributed by atoms with Gasteiger partial charge >= 0.3 is 0 Å². The molecule has 2 aliphatic rings.